The van der Waals surface area contributed by atoms with Gasteiger partial charge in [0.25, 0.3) is 5.56 Å². The van der Waals surface area contributed by atoms with Crippen molar-refractivity contribution in [3.8, 4) is 0 Å². The number of hydrogen-bond acceptors (Lipinski definition) is 3. The van der Waals surface area contributed by atoms with Gasteiger partial charge >= 0.3 is 0 Å². The minimum absolute atomic E-state index is 0.157. The normalized spacial score (nSPS) is 10.2. The number of nitrogens with zero attached hydrogens (tertiary/aromatic N) is 3. The van der Waals surface area contributed by atoms with Crippen molar-refractivity contribution in [2.75, 3.05) is 0 Å². The van der Waals surface area contributed by atoms with Crippen LogP contribution in [0.3, 0.4) is 0 Å². The third-order valence-electron chi connectivity index (χ3n) is 1.36. The lowest BCUT2D eigenvalue weighted by atomic mass is 10.5. The standard InChI is InChI=1S/C7H5N3O/c11-7-3-5-8-6-2-1-4-9-10(6)7/h1-5H. The molecule has 0 aliphatic heterocycles. The molecule has 2 rings (SSSR count). The summed E-state index contributed by atoms with van der Waals surface area (Å²) in [5.41, 5.74) is 0.413. The van der Waals surface area contributed by atoms with Crippen LogP contribution in [-0.2, 0) is 0 Å². The first-order valence-corrected chi connectivity index (χ1v) is 3.17. The first kappa shape index (κ1) is 6.03. The summed E-state index contributed by atoms with van der Waals surface area (Å²) in [4.78, 5) is 15.0. The van der Waals surface area contributed by atoms with Gasteiger partial charge in [-0.3, -0.25) is 4.79 Å². The molecule has 2 aromatic rings. The SMILES string of the molecule is O=c1ccnc2cccnn12. The van der Waals surface area contributed by atoms with Gasteiger partial charge in [0.15, 0.2) is 5.65 Å². The summed E-state index contributed by atoms with van der Waals surface area (Å²) in [7, 11) is 0. The molecule has 0 N–H and O–H groups in total. The van der Waals surface area contributed by atoms with E-state index in [-0.39, 0.29) is 5.56 Å². The fraction of sp³-hybridized carbons (Fsp3) is 0. The second kappa shape index (κ2) is 2.16. The molecule has 0 unspecified atom stereocenters. The molecule has 0 bridgehead atoms. The van der Waals surface area contributed by atoms with E-state index in [0.29, 0.717) is 5.65 Å². The maximum Gasteiger partial charge on any atom is 0.274 e. The van der Waals surface area contributed by atoms with Crippen LogP contribution in [0.2, 0.25) is 0 Å². The molecule has 4 nitrogen and oxygen atoms in total. The van der Waals surface area contributed by atoms with Crippen molar-refractivity contribution in [1.82, 2.24) is 14.6 Å². The lowest BCUT2D eigenvalue weighted by Gasteiger charge is -1.93. The fourth-order valence-corrected chi connectivity index (χ4v) is 0.880. The van der Waals surface area contributed by atoms with E-state index < -0.39 is 0 Å². The molecule has 0 aliphatic rings. The molecule has 0 radical (unpaired) electrons. The van der Waals surface area contributed by atoms with Gasteiger partial charge in [-0.05, 0) is 12.1 Å². The minimum atomic E-state index is -0.157. The molecule has 0 amide bonds. The van der Waals surface area contributed by atoms with Crippen LogP contribution in [0.25, 0.3) is 5.65 Å². The van der Waals surface area contributed by atoms with Gasteiger partial charge in [0.05, 0.1) is 0 Å². The van der Waals surface area contributed by atoms with Crippen molar-refractivity contribution in [2.24, 2.45) is 0 Å². The number of rotatable bonds is 0. The Kier molecular flexibility index (Phi) is 1.18. The monoisotopic (exact) mass is 147 g/mol. The number of hydrogen-bond donors (Lipinski definition) is 0. The van der Waals surface area contributed by atoms with E-state index in [9.17, 15) is 4.79 Å². The molecule has 4 heteroatoms. The Balaban J connectivity index is 3.03. The third-order valence-corrected chi connectivity index (χ3v) is 1.36. The zero-order valence-electron chi connectivity index (χ0n) is 5.64. The fourth-order valence-electron chi connectivity index (χ4n) is 0.880. The van der Waals surface area contributed by atoms with Gasteiger partial charge < -0.3 is 0 Å². The van der Waals surface area contributed by atoms with Crippen LogP contribution in [-0.4, -0.2) is 14.6 Å². The van der Waals surface area contributed by atoms with E-state index in [4.69, 9.17) is 0 Å². The first-order chi connectivity index (χ1) is 5.38. The van der Waals surface area contributed by atoms with E-state index in [1.54, 1.807) is 18.3 Å². The van der Waals surface area contributed by atoms with Crippen molar-refractivity contribution in [3.63, 3.8) is 0 Å². The summed E-state index contributed by atoms with van der Waals surface area (Å²) in [6.07, 6.45) is 3.02. The van der Waals surface area contributed by atoms with Crippen LogP contribution in [0.15, 0.2) is 35.4 Å². The van der Waals surface area contributed by atoms with Gasteiger partial charge in [-0.25, -0.2) is 4.98 Å². The van der Waals surface area contributed by atoms with Crippen LogP contribution < -0.4 is 5.56 Å². The van der Waals surface area contributed by atoms with Crippen LogP contribution in [0, 0.1) is 0 Å². The zero-order chi connectivity index (χ0) is 7.68. The van der Waals surface area contributed by atoms with Crippen molar-refractivity contribution >= 4 is 5.65 Å². The Hall–Kier alpha value is -1.71. The van der Waals surface area contributed by atoms with Crippen molar-refractivity contribution in [2.45, 2.75) is 0 Å². The molecule has 0 aliphatic carbocycles. The quantitative estimate of drug-likeness (QED) is 0.530. The molecule has 11 heavy (non-hydrogen) atoms. The van der Waals surface area contributed by atoms with Crippen LogP contribution >= 0.6 is 0 Å². The predicted molar refractivity (Wildman–Crippen MR) is 39.3 cm³/mol. The number of fused-ring (bicyclic) bond motifs is 1. The summed E-state index contributed by atoms with van der Waals surface area (Å²) in [6.45, 7) is 0. The molecular weight excluding hydrogens is 142 g/mol. The summed E-state index contributed by atoms with van der Waals surface area (Å²) in [5.74, 6) is 0. The highest BCUT2D eigenvalue weighted by Crippen LogP contribution is 1.88. The lowest BCUT2D eigenvalue weighted by molar-refractivity contribution is 0.866. The summed E-state index contributed by atoms with van der Waals surface area (Å²) in [5, 5.41) is 3.82. The Labute approximate surface area is 62.1 Å². The van der Waals surface area contributed by atoms with E-state index in [2.05, 4.69) is 10.1 Å². The maximum absolute atomic E-state index is 11.0. The van der Waals surface area contributed by atoms with Gasteiger partial charge in [-0.15, -0.1) is 0 Å². The summed E-state index contributed by atoms with van der Waals surface area (Å²) >= 11 is 0. The molecule has 54 valence electrons. The molecule has 0 atom stereocenters. The topological polar surface area (TPSA) is 47.3 Å². The van der Waals surface area contributed by atoms with Gasteiger partial charge in [0, 0.05) is 18.5 Å². The van der Waals surface area contributed by atoms with Crippen LogP contribution in [0.5, 0.6) is 0 Å². The summed E-state index contributed by atoms with van der Waals surface area (Å²) in [6, 6.07) is 4.84. The number of aromatic nitrogens is 3. The van der Waals surface area contributed by atoms with Crippen molar-refractivity contribution < 1.29 is 0 Å². The van der Waals surface area contributed by atoms with Crippen molar-refractivity contribution in [3.05, 3.63) is 40.9 Å². The van der Waals surface area contributed by atoms with E-state index in [1.165, 1.54) is 16.8 Å². The zero-order valence-corrected chi connectivity index (χ0v) is 5.64. The highest BCUT2D eigenvalue weighted by atomic mass is 16.1. The van der Waals surface area contributed by atoms with E-state index in [0.717, 1.165) is 0 Å². The van der Waals surface area contributed by atoms with Gasteiger partial charge in [-0.1, -0.05) is 0 Å². The van der Waals surface area contributed by atoms with Gasteiger partial charge in [0.1, 0.15) is 0 Å². The van der Waals surface area contributed by atoms with Crippen LogP contribution in [0.1, 0.15) is 0 Å². The molecule has 0 fully saturated rings. The average molecular weight is 147 g/mol. The first-order valence-electron chi connectivity index (χ1n) is 3.17. The Morgan fingerprint density at radius 3 is 3.00 bits per heavy atom. The Morgan fingerprint density at radius 2 is 2.18 bits per heavy atom. The third kappa shape index (κ3) is 0.881. The van der Waals surface area contributed by atoms with Crippen molar-refractivity contribution in [1.29, 1.82) is 0 Å². The minimum Gasteiger partial charge on any atom is -0.267 e. The smallest absolute Gasteiger partial charge is 0.267 e. The van der Waals surface area contributed by atoms with E-state index in [1.807, 2.05) is 0 Å². The second-order valence-corrected chi connectivity index (χ2v) is 2.08. The second-order valence-electron chi connectivity index (χ2n) is 2.08. The largest absolute Gasteiger partial charge is 0.274 e. The van der Waals surface area contributed by atoms with Gasteiger partial charge in [0.2, 0.25) is 0 Å². The van der Waals surface area contributed by atoms with E-state index >= 15 is 0 Å². The Bertz CT molecular complexity index is 429. The molecule has 0 saturated heterocycles. The molecular formula is C7H5N3O. The molecule has 0 saturated carbocycles. The molecule has 2 aromatic heterocycles. The Morgan fingerprint density at radius 1 is 1.27 bits per heavy atom. The molecule has 0 aromatic carbocycles. The lowest BCUT2D eigenvalue weighted by Crippen LogP contribution is -2.14. The predicted octanol–water partition coefficient (Wildman–Crippen LogP) is 0.0895. The molecule has 0 spiro atoms. The highest BCUT2D eigenvalue weighted by molar-refractivity contribution is 5.33. The summed E-state index contributed by atoms with van der Waals surface area (Å²) < 4.78 is 1.25. The molecule has 2 heterocycles. The highest BCUT2D eigenvalue weighted by Gasteiger charge is 1.92. The van der Waals surface area contributed by atoms with Crippen LogP contribution in [0.4, 0.5) is 0 Å². The van der Waals surface area contributed by atoms with Gasteiger partial charge in [-0.2, -0.15) is 9.61 Å². The average Bonchev–Trinajstić information content (AvgIpc) is 2.06. The maximum atomic E-state index is 11.0.